The Hall–Kier alpha value is -4.19. The number of carbonyl (C=O) groups excluding carboxylic acids is 2. The van der Waals surface area contributed by atoms with Crippen molar-refractivity contribution in [3.8, 4) is 16.9 Å². The molecule has 0 bridgehead atoms. The molecule has 3 aromatic carbocycles. The van der Waals surface area contributed by atoms with Crippen LogP contribution in [0, 0.1) is 12.3 Å². The Morgan fingerprint density at radius 2 is 1.64 bits per heavy atom. The van der Waals surface area contributed by atoms with Crippen LogP contribution in [0.1, 0.15) is 53.6 Å². The van der Waals surface area contributed by atoms with Gasteiger partial charge in [0.05, 0.1) is 25.2 Å². The summed E-state index contributed by atoms with van der Waals surface area (Å²) in [6.45, 7) is 2.05. The van der Waals surface area contributed by atoms with Crippen molar-refractivity contribution in [3.05, 3.63) is 89.6 Å². The highest BCUT2D eigenvalue weighted by molar-refractivity contribution is 6.04. The summed E-state index contributed by atoms with van der Waals surface area (Å²) in [5.41, 5.74) is 4.49. The fourth-order valence-corrected chi connectivity index (χ4v) is 5.74. The summed E-state index contributed by atoms with van der Waals surface area (Å²) in [6, 6.07) is 21.9. The van der Waals surface area contributed by atoms with E-state index in [0.717, 1.165) is 70.9 Å². The summed E-state index contributed by atoms with van der Waals surface area (Å²) < 4.78 is 10.2. The number of amides is 1. The van der Waals surface area contributed by atoms with Crippen molar-refractivity contribution in [2.75, 3.05) is 19.5 Å². The summed E-state index contributed by atoms with van der Waals surface area (Å²) in [5.74, 6) is 1.01. The first-order valence-corrected chi connectivity index (χ1v) is 13.4. The van der Waals surface area contributed by atoms with E-state index in [1.54, 1.807) is 25.4 Å². The lowest BCUT2D eigenvalue weighted by Crippen LogP contribution is -2.40. The highest BCUT2D eigenvalue weighted by Crippen LogP contribution is 2.41. The Morgan fingerprint density at radius 3 is 2.33 bits per heavy atom. The monoisotopic (exact) mass is 522 g/mol. The van der Waals surface area contributed by atoms with Crippen molar-refractivity contribution in [1.82, 2.24) is 4.98 Å². The molecule has 39 heavy (non-hydrogen) atoms. The van der Waals surface area contributed by atoms with Gasteiger partial charge in [0.25, 0.3) is 0 Å². The highest BCUT2D eigenvalue weighted by atomic mass is 16.5. The van der Waals surface area contributed by atoms with Crippen molar-refractivity contribution in [1.29, 1.82) is 0 Å². The fourth-order valence-electron chi connectivity index (χ4n) is 5.74. The number of pyridine rings is 1. The van der Waals surface area contributed by atoms with Crippen LogP contribution in [0.15, 0.2) is 72.9 Å². The lowest BCUT2D eigenvalue weighted by atomic mass is 9.69. The summed E-state index contributed by atoms with van der Waals surface area (Å²) in [4.78, 5) is 30.4. The SMILES string of the molecule is COC(=O)c1ccc2c(NC(=O)C3(Cc4ccc(-c5ccc(OC)c(C)c5)cc4)CCCCC3)nccc2c1. The molecule has 6 nitrogen and oxygen atoms in total. The zero-order chi connectivity index (χ0) is 27.4. The maximum absolute atomic E-state index is 13.9. The van der Waals surface area contributed by atoms with E-state index in [9.17, 15) is 9.59 Å². The van der Waals surface area contributed by atoms with Gasteiger partial charge < -0.3 is 14.8 Å². The van der Waals surface area contributed by atoms with Crippen LogP contribution in [0.3, 0.4) is 0 Å². The summed E-state index contributed by atoms with van der Waals surface area (Å²) in [6.07, 6.45) is 7.23. The number of ether oxygens (including phenoxy) is 2. The van der Waals surface area contributed by atoms with Gasteiger partial charge in [-0.2, -0.15) is 0 Å². The van der Waals surface area contributed by atoms with Gasteiger partial charge in [-0.25, -0.2) is 9.78 Å². The van der Waals surface area contributed by atoms with Crippen LogP contribution < -0.4 is 10.1 Å². The van der Waals surface area contributed by atoms with Gasteiger partial charge in [0.1, 0.15) is 11.6 Å². The van der Waals surface area contributed by atoms with Crippen molar-refractivity contribution in [3.63, 3.8) is 0 Å². The third-order valence-corrected chi connectivity index (χ3v) is 7.93. The summed E-state index contributed by atoms with van der Waals surface area (Å²) >= 11 is 0. The first kappa shape index (κ1) is 26.4. The molecule has 1 aliphatic rings. The molecule has 5 rings (SSSR count). The lowest BCUT2D eigenvalue weighted by Gasteiger charge is -2.36. The maximum Gasteiger partial charge on any atom is 0.337 e. The Balaban J connectivity index is 1.38. The number of hydrogen-bond donors (Lipinski definition) is 1. The molecule has 200 valence electrons. The first-order valence-electron chi connectivity index (χ1n) is 13.4. The smallest absolute Gasteiger partial charge is 0.337 e. The van der Waals surface area contributed by atoms with Gasteiger partial charge in [-0.15, -0.1) is 0 Å². The van der Waals surface area contributed by atoms with Gasteiger partial charge in [-0.3, -0.25) is 4.79 Å². The molecule has 1 heterocycles. The van der Waals surface area contributed by atoms with E-state index >= 15 is 0 Å². The second-order valence-electron chi connectivity index (χ2n) is 10.4. The molecule has 1 N–H and O–H groups in total. The van der Waals surface area contributed by atoms with Crippen LogP contribution in [0.5, 0.6) is 5.75 Å². The quantitative estimate of drug-likeness (QED) is 0.261. The normalized spacial score (nSPS) is 14.5. The van der Waals surface area contributed by atoms with Crippen LogP contribution in [-0.4, -0.2) is 31.1 Å². The van der Waals surface area contributed by atoms with Crippen LogP contribution in [0.25, 0.3) is 21.9 Å². The third-order valence-electron chi connectivity index (χ3n) is 7.93. The van der Waals surface area contributed by atoms with Gasteiger partial charge in [-0.1, -0.05) is 49.6 Å². The van der Waals surface area contributed by atoms with Crippen LogP contribution in [0.2, 0.25) is 0 Å². The van der Waals surface area contributed by atoms with E-state index in [4.69, 9.17) is 9.47 Å². The number of rotatable bonds is 7. The van der Waals surface area contributed by atoms with Crippen molar-refractivity contribution in [2.24, 2.45) is 5.41 Å². The van der Waals surface area contributed by atoms with Gasteiger partial charge in [0.2, 0.25) is 5.91 Å². The Labute approximate surface area is 229 Å². The van der Waals surface area contributed by atoms with Crippen LogP contribution in [0.4, 0.5) is 5.82 Å². The molecule has 0 saturated heterocycles. The molecule has 1 amide bonds. The predicted molar refractivity (Wildman–Crippen MR) is 154 cm³/mol. The zero-order valence-corrected chi connectivity index (χ0v) is 22.8. The lowest BCUT2D eigenvalue weighted by molar-refractivity contribution is -0.127. The minimum Gasteiger partial charge on any atom is -0.496 e. The molecule has 0 spiro atoms. The number of methoxy groups -OCH3 is 2. The molecule has 6 heteroatoms. The molecule has 0 atom stereocenters. The Morgan fingerprint density at radius 1 is 0.897 bits per heavy atom. The van der Waals surface area contributed by atoms with Crippen molar-refractivity contribution >= 4 is 28.5 Å². The number of fused-ring (bicyclic) bond motifs is 1. The highest BCUT2D eigenvalue weighted by Gasteiger charge is 2.40. The number of nitrogens with one attached hydrogen (secondary N) is 1. The first-order chi connectivity index (χ1) is 18.9. The van der Waals surface area contributed by atoms with E-state index < -0.39 is 11.4 Å². The molecule has 1 fully saturated rings. The molecule has 1 saturated carbocycles. The molecule has 1 aromatic heterocycles. The minimum absolute atomic E-state index is 0.00843. The van der Waals surface area contributed by atoms with Gasteiger partial charge in [-0.05, 0) is 90.2 Å². The van der Waals surface area contributed by atoms with Crippen LogP contribution in [-0.2, 0) is 16.0 Å². The van der Waals surface area contributed by atoms with Crippen LogP contribution >= 0.6 is 0 Å². The van der Waals surface area contributed by atoms with Gasteiger partial charge in [0, 0.05) is 11.6 Å². The topological polar surface area (TPSA) is 77.5 Å². The van der Waals surface area contributed by atoms with E-state index in [0.29, 0.717) is 17.8 Å². The number of hydrogen-bond acceptors (Lipinski definition) is 5. The average Bonchev–Trinajstić information content (AvgIpc) is 2.97. The number of carbonyl (C=O) groups is 2. The number of aryl methyl sites for hydroxylation is 1. The number of nitrogens with zero attached hydrogens (tertiary/aromatic N) is 1. The largest absolute Gasteiger partial charge is 0.496 e. The molecule has 1 aliphatic carbocycles. The summed E-state index contributed by atoms with van der Waals surface area (Å²) in [5, 5.41) is 4.77. The van der Waals surface area contributed by atoms with Crippen molar-refractivity contribution < 1.29 is 19.1 Å². The third kappa shape index (κ3) is 5.51. The fraction of sp³-hybridized carbons (Fsp3) is 0.303. The molecule has 0 aliphatic heterocycles. The van der Waals surface area contributed by atoms with E-state index in [-0.39, 0.29) is 5.91 Å². The standard InChI is InChI=1S/C33H34N2O4/c1-22-19-25(12-14-29(22)38-2)24-9-7-23(8-10-24)21-33(16-5-4-6-17-33)32(37)35-30-28-13-11-27(31(36)39-3)20-26(28)15-18-34-30/h7-15,18-20H,4-6,16-17,21H2,1-3H3,(H,34,35,37). The second kappa shape index (κ2) is 11.3. The predicted octanol–water partition coefficient (Wildman–Crippen LogP) is 7.14. The molecule has 0 radical (unpaired) electrons. The maximum atomic E-state index is 13.9. The average molecular weight is 523 g/mol. The number of aromatic nitrogens is 1. The molecule has 0 unspecified atom stereocenters. The number of benzene rings is 3. The minimum atomic E-state index is -0.494. The number of anilines is 1. The van der Waals surface area contributed by atoms with E-state index in [1.807, 2.05) is 25.1 Å². The molecule has 4 aromatic rings. The molecular formula is C33H34N2O4. The second-order valence-corrected chi connectivity index (χ2v) is 10.4. The Kier molecular flexibility index (Phi) is 7.64. The van der Waals surface area contributed by atoms with Crippen molar-refractivity contribution in [2.45, 2.75) is 45.4 Å². The van der Waals surface area contributed by atoms with Gasteiger partial charge in [0.15, 0.2) is 0 Å². The van der Waals surface area contributed by atoms with E-state index in [2.05, 4.69) is 46.7 Å². The molecular weight excluding hydrogens is 488 g/mol. The zero-order valence-electron chi connectivity index (χ0n) is 22.8. The number of esters is 1. The Bertz CT molecular complexity index is 1500. The van der Waals surface area contributed by atoms with E-state index in [1.165, 1.54) is 7.11 Å². The summed E-state index contributed by atoms with van der Waals surface area (Å²) in [7, 11) is 3.05. The van der Waals surface area contributed by atoms with Gasteiger partial charge >= 0.3 is 5.97 Å².